The van der Waals surface area contributed by atoms with E-state index in [4.69, 9.17) is 0 Å². The summed E-state index contributed by atoms with van der Waals surface area (Å²) in [5, 5.41) is 0. The van der Waals surface area contributed by atoms with Crippen LogP contribution >= 0.6 is 0 Å². The second-order valence-corrected chi connectivity index (χ2v) is 8.23. The Morgan fingerprint density at radius 3 is 2.20 bits per heavy atom. The van der Waals surface area contributed by atoms with Crippen LogP contribution in [0.1, 0.15) is 75.2 Å². The third-order valence-corrected chi connectivity index (χ3v) is 7.22. The molecule has 0 aromatic heterocycles. The fourth-order valence-electron chi connectivity index (χ4n) is 4.58. The summed E-state index contributed by atoms with van der Waals surface area (Å²) in [5.74, 6) is 1.35. The molecule has 0 bridgehead atoms. The first kappa shape index (κ1) is 17.5. The van der Waals surface area contributed by atoms with Crippen molar-refractivity contribution >= 4 is 0 Å². The van der Waals surface area contributed by atoms with E-state index in [1.165, 1.54) is 24.0 Å². The summed E-state index contributed by atoms with van der Waals surface area (Å²) in [5.41, 5.74) is 3.79. The van der Waals surface area contributed by atoms with Gasteiger partial charge in [-0.3, -0.25) is 0 Å². The van der Waals surface area contributed by atoms with Gasteiger partial charge in [0.2, 0.25) is 0 Å². The smallest absolute Gasteiger partial charge is 0.00106 e. The van der Waals surface area contributed by atoms with E-state index >= 15 is 0 Å². The number of hydrogen-bond donors (Lipinski definition) is 0. The van der Waals surface area contributed by atoms with Crippen LogP contribution < -0.4 is 0 Å². The summed E-state index contributed by atoms with van der Waals surface area (Å²) >= 11 is 0. The summed E-state index contributed by atoms with van der Waals surface area (Å²) in [6.07, 6.45) is 4.76. The predicted octanol–water partition coefficient (Wildman–Crippen LogP) is 6.63. The van der Waals surface area contributed by atoms with Crippen molar-refractivity contribution in [3.05, 3.63) is 23.8 Å². The molecule has 0 heteroatoms. The molecule has 0 amide bonds. The van der Waals surface area contributed by atoms with Gasteiger partial charge in [0.1, 0.15) is 0 Å². The molecule has 0 nitrogen and oxygen atoms in total. The number of rotatable bonds is 5. The fourth-order valence-corrected chi connectivity index (χ4v) is 4.58. The zero-order valence-corrected chi connectivity index (χ0v) is 15.4. The van der Waals surface area contributed by atoms with Gasteiger partial charge < -0.3 is 0 Å². The van der Waals surface area contributed by atoms with E-state index in [-0.39, 0.29) is 10.8 Å². The average Bonchev–Trinajstić information content (AvgIpc) is 2.41. The second-order valence-electron chi connectivity index (χ2n) is 8.23. The van der Waals surface area contributed by atoms with E-state index in [0.29, 0.717) is 11.3 Å². The average molecular weight is 277 g/mol. The monoisotopic (exact) mass is 276 g/mol. The lowest BCUT2D eigenvalue weighted by atomic mass is 9.38. The Balaban J connectivity index is 3.40. The van der Waals surface area contributed by atoms with Crippen LogP contribution in [-0.4, -0.2) is 0 Å². The first-order valence-corrected chi connectivity index (χ1v) is 8.31. The molecular weight excluding hydrogens is 240 g/mol. The Labute approximate surface area is 127 Å². The summed E-state index contributed by atoms with van der Waals surface area (Å²) in [6.45, 7) is 25.8. The van der Waals surface area contributed by atoms with Crippen LogP contribution in [0, 0.1) is 28.1 Å². The van der Waals surface area contributed by atoms with Crippen molar-refractivity contribution in [2.24, 2.45) is 28.1 Å². The van der Waals surface area contributed by atoms with Crippen LogP contribution in [0.5, 0.6) is 0 Å². The van der Waals surface area contributed by atoms with E-state index in [2.05, 4.69) is 75.0 Å². The molecule has 0 aromatic rings. The van der Waals surface area contributed by atoms with E-state index in [0.717, 1.165) is 5.92 Å². The van der Waals surface area contributed by atoms with Crippen molar-refractivity contribution in [1.82, 2.24) is 0 Å². The summed E-state index contributed by atoms with van der Waals surface area (Å²) in [7, 11) is 0. The van der Waals surface area contributed by atoms with Gasteiger partial charge in [-0.25, -0.2) is 0 Å². The van der Waals surface area contributed by atoms with Crippen molar-refractivity contribution < 1.29 is 0 Å². The van der Waals surface area contributed by atoms with E-state index < -0.39 is 0 Å². The first-order valence-electron chi connectivity index (χ1n) is 8.31. The molecule has 3 atom stereocenters. The molecular formula is C20H36. The largest absolute Gasteiger partial charge is 0.0993 e. The quantitative estimate of drug-likeness (QED) is 0.494. The van der Waals surface area contributed by atoms with Gasteiger partial charge in [0, 0.05) is 5.41 Å². The zero-order valence-electron chi connectivity index (χ0n) is 15.4. The SMILES string of the molecule is C=C1CC(C(C)(C)CC)C1(C)C(C)(C(C)=CC)C(C)C. The molecule has 0 saturated heterocycles. The lowest BCUT2D eigenvalue weighted by Crippen LogP contribution is -2.58. The molecule has 1 aliphatic carbocycles. The first-order chi connectivity index (χ1) is 9.00. The molecule has 3 unspecified atom stereocenters. The van der Waals surface area contributed by atoms with Gasteiger partial charge in [-0.1, -0.05) is 78.7 Å². The van der Waals surface area contributed by atoms with Crippen LogP contribution in [0.15, 0.2) is 23.8 Å². The van der Waals surface area contributed by atoms with Gasteiger partial charge in [-0.05, 0) is 42.9 Å². The van der Waals surface area contributed by atoms with Gasteiger partial charge in [-0.15, -0.1) is 0 Å². The second kappa shape index (κ2) is 5.35. The van der Waals surface area contributed by atoms with Gasteiger partial charge in [0.05, 0.1) is 0 Å². The molecule has 0 aliphatic heterocycles. The van der Waals surface area contributed by atoms with Gasteiger partial charge >= 0.3 is 0 Å². The Kier molecular flexibility index (Phi) is 4.69. The molecule has 116 valence electrons. The maximum Gasteiger partial charge on any atom is 0.00106 e. The Morgan fingerprint density at radius 2 is 1.90 bits per heavy atom. The van der Waals surface area contributed by atoms with Gasteiger partial charge in [-0.2, -0.15) is 0 Å². The highest BCUT2D eigenvalue weighted by Crippen LogP contribution is 2.69. The third-order valence-electron chi connectivity index (χ3n) is 7.22. The van der Waals surface area contributed by atoms with Crippen LogP contribution in [0.4, 0.5) is 0 Å². The maximum atomic E-state index is 4.45. The minimum atomic E-state index is 0.203. The highest BCUT2D eigenvalue weighted by molar-refractivity contribution is 5.35. The van der Waals surface area contributed by atoms with Crippen LogP contribution in [0.3, 0.4) is 0 Å². The maximum absolute atomic E-state index is 4.45. The molecule has 1 rings (SSSR count). The number of allylic oxidation sites excluding steroid dienone is 3. The molecule has 0 spiro atoms. The number of hydrogen-bond acceptors (Lipinski definition) is 0. The van der Waals surface area contributed by atoms with Gasteiger partial charge in [0.15, 0.2) is 0 Å². The van der Waals surface area contributed by atoms with Crippen molar-refractivity contribution in [2.45, 2.75) is 75.2 Å². The van der Waals surface area contributed by atoms with Crippen molar-refractivity contribution in [1.29, 1.82) is 0 Å². The summed E-state index contributed by atoms with van der Waals surface area (Å²) in [6, 6.07) is 0. The van der Waals surface area contributed by atoms with Crippen LogP contribution in [0.2, 0.25) is 0 Å². The highest BCUT2D eigenvalue weighted by atomic mass is 14.7. The molecule has 0 heterocycles. The van der Waals surface area contributed by atoms with Crippen LogP contribution in [0.25, 0.3) is 0 Å². The summed E-state index contributed by atoms with van der Waals surface area (Å²) in [4.78, 5) is 0. The topological polar surface area (TPSA) is 0 Å². The Morgan fingerprint density at radius 1 is 1.40 bits per heavy atom. The van der Waals surface area contributed by atoms with E-state index in [1.54, 1.807) is 0 Å². The lowest BCUT2D eigenvalue weighted by Gasteiger charge is -2.66. The normalized spacial score (nSPS) is 31.2. The molecule has 1 saturated carbocycles. The molecule has 1 aliphatic rings. The molecule has 0 radical (unpaired) electrons. The van der Waals surface area contributed by atoms with Crippen molar-refractivity contribution in [3.63, 3.8) is 0 Å². The summed E-state index contributed by atoms with van der Waals surface area (Å²) < 4.78 is 0. The standard InChI is InChI=1S/C20H36/c1-11-15(5)19(9,14(3)4)20(10)16(6)13-17(20)18(7,8)12-2/h11,14,17H,6,12-13H2,1-5,7-10H3. The van der Waals surface area contributed by atoms with Gasteiger partial charge in [0.25, 0.3) is 0 Å². The highest BCUT2D eigenvalue weighted by Gasteiger charge is 2.61. The molecule has 1 fully saturated rings. The Hall–Kier alpha value is -0.520. The van der Waals surface area contributed by atoms with Crippen LogP contribution in [-0.2, 0) is 0 Å². The molecule has 0 N–H and O–H groups in total. The lowest BCUT2D eigenvalue weighted by molar-refractivity contribution is -0.0773. The minimum absolute atomic E-state index is 0.203. The van der Waals surface area contributed by atoms with E-state index in [1.807, 2.05) is 0 Å². The van der Waals surface area contributed by atoms with Crippen molar-refractivity contribution in [3.8, 4) is 0 Å². The molecule has 0 aromatic carbocycles. The Bertz CT molecular complexity index is 410. The molecule has 20 heavy (non-hydrogen) atoms. The fraction of sp³-hybridized carbons (Fsp3) is 0.800. The zero-order chi connectivity index (χ0) is 15.9. The predicted molar refractivity (Wildman–Crippen MR) is 91.8 cm³/mol. The third kappa shape index (κ3) is 2.11. The van der Waals surface area contributed by atoms with Crippen molar-refractivity contribution in [2.75, 3.05) is 0 Å². The van der Waals surface area contributed by atoms with E-state index in [9.17, 15) is 0 Å². The minimum Gasteiger partial charge on any atom is -0.0993 e.